The third kappa shape index (κ3) is 5.85. The normalized spacial score (nSPS) is 19.4. The lowest BCUT2D eigenvalue weighted by atomic mass is 9.95. The third-order valence-electron chi connectivity index (χ3n) is 6.32. The zero-order valence-corrected chi connectivity index (χ0v) is 19.2. The van der Waals surface area contributed by atoms with Gasteiger partial charge < -0.3 is 21.3 Å². The summed E-state index contributed by atoms with van der Waals surface area (Å²) in [4.78, 5) is 61.8. The number of hydrogen-bond acceptors (Lipinski definition) is 5. The van der Waals surface area contributed by atoms with E-state index in [4.69, 9.17) is 0 Å². The van der Waals surface area contributed by atoms with E-state index in [1.165, 1.54) is 0 Å². The van der Waals surface area contributed by atoms with Gasteiger partial charge in [0.05, 0.1) is 22.9 Å². The molecule has 2 fully saturated rings. The number of alkyl halides is 6. The summed E-state index contributed by atoms with van der Waals surface area (Å²) in [5, 5.41) is 8.53. The molecule has 0 bridgehead atoms. The van der Waals surface area contributed by atoms with Gasteiger partial charge in [-0.2, -0.15) is 26.3 Å². The molecule has 1 unspecified atom stereocenters. The maximum atomic E-state index is 13.3. The Bertz CT molecular complexity index is 1130. The van der Waals surface area contributed by atoms with Gasteiger partial charge in [-0.15, -0.1) is 0 Å². The summed E-state index contributed by atoms with van der Waals surface area (Å²) < 4.78 is 79.9. The highest BCUT2D eigenvalue weighted by Crippen LogP contribution is 2.58. The van der Waals surface area contributed by atoms with E-state index in [2.05, 4.69) is 10.6 Å². The molecule has 1 saturated carbocycles. The maximum absolute atomic E-state index is 13.3. The van der Waals surface area contributed by atoms with Crippen molar-refractivity contribution in [1.29, 1.82) is 0 Å². The van der Waals surface area contributed by atoms with Crippen LogP contribution in [0.15, 0.2) is 18.2 Å². The van der Waals surface area contributed by atoms with Crippen LogP contribution in [-0.4, -0.2) is 55.2 Å². The fraction of sp³-hybridized carbons (Fsp3) is 0.500. The van der Waals surface area contributed by atoms with Crippen molar-refractivity contribution in [2.24, 2.45) is 11.3 Å². The Morgan fingerprint density at radius 2 is 1.76 bits per heavy atom. The van der Waals surface area contributed by atoms with Crippen LogP contribution < -0.4 is 21.3 Å². The molecule has 0 aromatic heterocycles. The van der Waals surface area contributed by atoms with Crippen molar-refractivity contribution < 1.29 is 50.3 Å². The van der Waals surface area contributed by atoms with Gasteiger partial charge in [0.25, 0.3) is 11.8 Å². The van der Waals surface area contributed by atoms with Gasteiger partial charge >= 0.3 is 12.4 Å². The fourth-order valence-electron chi connectivity index (χ4n) is 3.93. The molecule has 1 saturated heterocycles. The molecule has 1 aliphatic heterocycles. The number of ketones is 1. The number of amides is 4. The summed E-state index contributed by atoms with van der Waals surface area (Å²) in [6, 6.07) is -0.246. The van der Waals surface area contributed by atoms with E-state index in [-0.39, 0.29) is 19.4 Å². The standard InChI is InChI=1S/C22H22F6N4O5/c1-29-18(36)15(33)14(8-10-4-7-30-16(10)34)31-17(35)12-9-11(21(23,24)25)2-3-13(12)32-19(37)20(5-6-20)22(26,27)28/h2-3,9-10,14H,4-8H2,1H3,(H,29,36)(H,30,34)(H,31,35)(H,32,37)/t10-,14?/m0/s1. The average Bonchev–Trinajstić information content (AvgIpc) is 3.55. The predicted octanol–water partition coefficient (Wildman–Crippen LogP) is 1.93. The van der Waals surface area contributed by atoms with Crippen molar-refractivity contribution in [2.45, 2.75) is 44.1 Å². The van der Waals surface area contributed by atoms with Crippen molar-refractivity contribution in [3.05, 3.63) is 29.3 Å². The lowest BCUT2D eigenvalue weighted by molar-refractivity contribution is -0.189. The summed E-state index contributed by atoms with van der Waals surface area (Å²) in [7, 11) is 1.12. The summed E-state index contributed by atoms with van der Waals surface area (Å²) in [6.07, 6.45) is -11.0. The van der Waals surface area contributed by atoms with Crippen LogP contribution in [0.25, 0.3) is 0 Å². The van der Waals surface area contributed by atoms with Crippen LogP contribution in [0.2, 0.25) is 0 Å². The maximum Gasteiger partial charge on any atom is 0.416 e. The van der Waals surface area contributed by atoms with E-state index in [1.807, 2.05) is 10.6 Å². The summed E-state index contributed by atoms with van der Waals surface area (Å²) >= 11 is 0. The molecular formula is C22H22F6N4O5. The number of halogens is 6. The first-order valence-electron chi connectivity index (χ1n) is 11.0. The topological polar surface area (TPSA) is 133 Å². The van der Waals surface area contributed by atoms with Crippen LogP contribution in [0, 0.1) is 11.3 Å². The molecular weight excluding hydrogens is 514 g/mol. The smallest absolute Gasteiger partial charge is 0.356 e. The van der Waals surface area contributed by atoms with Crippen molar-refractivity contribution in [1.82, 2.24) is 16.0 Å². The van der Waals surface area contributed by atoms with Crippen molar-refractivity contribution in [2.75, 3.05) is 18.9 Å². The van der Waals surface area contributed by atoms with Crippen LogP contribution in [0.4, 0.5) is 32.0 Å². The first-order valence-corrected chi connectivity index (χ1v) is 11.0. The van der Waals surface area contributed by atoms with E-state index in [0.29, 0.717) is 18.2 Å². The van der Waals surface area contributed by atoms with Gasteiger partial charge in [0, 0.05) is 19.5 Å². The van der Waals surface area contributed by atoms with Gasteiger partial charge in [-0.05, 0) is 43.9 Å². The Labute approximate surface area is 205 Å². The molecule has 1 aliphatic carbocycles. The molecule has 0 radical (unpaired) electrons. The van der Waals surface area contributed by atoms with Crippen LogP contribution in [0.1, 0.15) is 41.6 Å². The Kier molecular flexibility index (Phi) is 7.56. The molecule has 3 rings (SSSR count). The Morgan fingerprint density at radius 3 is 2.24 bits per heavy atom. The number of carbonyl (C=O) groups excluding carboxylic acids is 5. The summed E-state index contributed by atoms with van der Waals surface area (Å²) in [6.45, 7) is 0.267. The highest BCUT2D eigenvalue weighted by atomic mass is 19.4. The number of carbonyl (C=O) groups is 5. The van der Waals surface area contributed by atoms with Gasteiger partial charge in [0.1, 0.15) is 5.41 Å². The van der Waals surface area contributed by atoms with E-state index in [9.17, 15) is 50.3 Å². The number of anilines is 1. The quantitative estimate of drug-likeness (QED) is 0.298. The second kappa shape index (κ2) is 10.0. The largest absolute Gasteiger partial charge is 0.416 e. The molecule has 9 nitrogen and oxygen atoms in total. The molecule has 2 aliphatic rings. The number of benzene rings is 1. The minimum absolute atomic E-state index is 0.261. The van der Waals surface area contributed by atoms with E-state index in [1.54, 1.807) is 0 Å². The molecule has 1 aromatic carbocycles. The number of nitrogens with one attached hydrogen (secondary N) is 4. The Hall–Kier alpha value is -3.65. The van der Waals surface area contributed by atoms with Gasteiger partial charge in [-0.3, -0.25) is 24.0 Å². The monoisotopic (exact) mass is 536 g/mol. The molecule has 37 heavy (non-hydrogen) atoms. The first-order chi connectivity index (χ1) is 17.1. The second-order valence-corrected chi connectivity index (χ2v) is 8.77. The summed E-state index contributed by atoms with van der Waals surface area (Å²) in [5.41, 5.74) is -5.61. The lowest BCUT2D eigenvalue weighted by Gasteiger charge is -2.22. The van der Waals surface area contributed by atoms with Crippen LogP contribution in [0.5, 0.6) is 0 Å². The zero-order valence-electron chi connectivity index (χ0n) is 19.2. The minimum Gasteiger partial charge on any atom is -0.356 e. The lowest BCUT2D eigenvalue weighted by Crippen LogP contribution is -2.48. The molecule has 1 aromatic rings. The first kappa shape index (κ1) is 27.9. The Morgan fingerprint density at radius 1 is 1.11 bits per heavy atom. The Balaban J connectivity index is 1.94. The van der Waals surface area contributed by atoms with Crippen molar-refractivity contribution in [3.8, 4) is 0 Å². The highest BCUT2D eigenvalue weighted by molar-refractivity contribution is 6.38. The minimum atomic E-state index is -4.96. The summed E-state index contributed by atoms with van der Waals surface area (Å²) in [5.74, 6) is -6.52. The number of likely N-dealkylation sites (N-methyl/N-ethyl adjacent to an activating group) is 1. The van der Waals surface area contributed by atoms with E-state index in [0.717, 1.165) is 7.05 Å². The van der Waals surface area contributed by atoms with Crippen LogP contribution >= 0.6 is 0 Å². The van der Waals surface area contributed by atoms with Crippen molar-refractivity contribution >= 4 is 35.1 Å². The fourth-order valence-corrected chi connectivity index (χ4v) is 3.93. The van der Waals surface area contributed by atoms with Gasteiger partial charge in [0.15, 0.2) is 0 Å². The van der Waals surface area contributed by atoms with Gasteiger partial charge in [-0.1, -0.05) is 0 Å². The zero-order chi connectivity index (χ0) is 27.8. The highest BCUT2D eigenvalue weighted by Gasteiger charge is 2.68. The van der Waals surface area contributed by atoms with Gasteiger partial charge in [0.2, 0.25) is 17.6 Å². The number of rotatable bonds is 8. The molecule has 0 spiro atoms. The predicted molar refractivity (Wildman–Crippen MR) is 114 cm³/mol. The van der Waals surface area contributed by atoms with Crippen molar-refractivity contribution in [3.63, 3.8) is 0 Å². The molecule has 4 N–H and O–H groups in total. The number of Topliss-reactive ketones (excluding diaryl/α,β-unsaturated/α-hetero) is 1. The molecule has 15 heteroatoms. The van der Waals surface area contributed by atoms with E-state index < -0.39 is 88.8 Å². The van der Waals surface area contributed by atoms with Crippen LogP contribution in [-0.2, 0) is 25.4 Å². The molecule has 4 amide bonds. The number of hydrogen-bond donors (Lipinski definition) is 4. The average molecular weight is 536 g/mol. The molecule has 2 atom stereocenters. The van der Waals surface area contributed by atoms with E-state index >= 15 is 0 Å². The molecule has 1 heterocycles. The van der Waals surface area contributed by atoms with Crippen LogP contribution in [0.3, 0.4) is 0 Å². The third-order valence-corrected chi connectivity index (χ3v) is 6.32. The van der Waals surface area contributed by atoms with Gasteiger partial charge in [-0.25, -0.2) is 0 Å². The molecule has 202 valence electrons. The SMILES string of the molecule is CNC(=O)C(=O)C(C[C@@H]1CCNC1=O)NC(=O)c1cc(C(F)(F)F)ccc1NC(=O)C1(C(F)(F)F)CC1. The second-order valence-electron chi connectivity index (χ2n) is 8.77.